The number of cyclic esters (lactones) is 2. The monoisotopic (exact) mass is 265 g/mol. The van der Waals surface area contributed by atoms with Crippen LogP contribution in [0.25, 0.3) is 16.5 Å². The molecule has 0 amide bonds. The van der Waals surface area contributed by atoms with E-state index in [1.807, 2.05) is 37.4 Å². The van der Waals surface area contributed by atoms with Crippen molar-refractivity contribution in [1.29, 1.82) is 0 Å². The highest BCUT2D eigenvalue weighted by Gasteiger charge is 2.36. The first kappa shape index (κ1) is 11.2. The van der Waals surface area contributed by atoms with Crippen LogP contribution in [-0.2, 0) is 27.8 Å². The minimum atomic E-state index is -0.554. The van der Waals surface area contributed by atoms with Gasteiger partial charge in [-0.1, -0.05) is 30.4 Å². The summed E-state index contributed by atoms with van der Waals surface area (Å²) in [5.41, 5.74) is 3.67. The van der Waals surface area contributed by atoms with Crippen LogP contribution in [0.5, 0.6) is 0 Å². The molecule has 1 aromatic carbocycles. The quantitative estimate of drug-likeness (QED) is 0.541. The molecule has 4 nitrogen and oxygen atoms in total. The fourth-order valence-electron chi connectivity index (χ4n) is 3.04. The van der Waals surface area contributed by atoms with E-state index in [1.54, 1.807) is 6.08 Å². The van der Waals surface area contributed by atoms with E-state index >= 15 is 0 Å². The Morgan fingerprint density at radius 2 is 1.95 bits per heavy atom. The second kappa shape index (κ2) is 3.70. The largest absolute Gasteiger partial charge is 0.386 e. The van der Waals surface area contributed by atoms with Crippen molar-refractivity contribution in [2.24, 2.45) is 7.05 Å². The maximum atomic E-state index is 12.0. The smallest absolute Gasteiger partial charge is 0.347 e. The van der Waals surface area contributed by atoms with E-state index in [1.165, 1.54) is 0 Å². The Morgan fingerprint density at radius 1 is 1.15 bits per heavy atom. The Bertz CT molecular complexity index is 852. The number of nitrogens with zero attached hydrogens (tertiary/aromatic N) is 1. The van der Waals surface area contributed by atoms with Crippen molar-refractivity contribution in [3.63, 3.8) is 0 Å². The van der Waals surface area contributed by atoms with Crippen LogP contribution in [0.4, 0.5) is 0 Å². The third kappa shape index (κ3) is 1.25. The summed E-state index contributed by atoms with van der Waals surface area (Å²) < 4.78 is 6.84. The van der Waals surface area contributed by atoms with Crippen molar-refractivity contribution in [3.8, 4) is 0 Å². The number of aryl methyl sites for hydroxylation is 1. The highest BCUT2D eigenvalue weighted by molar-refractivity contribution is 6.34. The van der Waals surface area contributed by atoms with E-state index in [0.717, 1.165) is 22.2 Å². The first-order chi connectivity index (χ1) is 9.68. The molecule has 4 rings (SSSR count). The zero-order chi connectivity index (χ0) is 13.9. The van der Waals surface area contributed by atoms with Gasteiger partial charge in [-0.15, -0.1) is 0 Å². The summed E-state index contributed by atoms with van der Waals surface area (Å²) in [6.07, 6.45) is 4.28. The number of carbonyl (C=O) groups excluding carboxylic acids is 2. The zero-order valence-corrected chi connectivity index (χ0v) is 10.8. The molecule has 0 saturated heterocycles. The van der Waals surface area contributed by atoms with Gasteiger partial charge < -0.3 is 9.30 Å². The summed E-state index contributed by atoms with van der Waals surface area (Å²) in [6, 6.07) is 7.88. The second-order valence-corrected chi connectivity index (χ2v) is 4.97. The van der Waals surface area contributed by atoms with E-state index in [9.17, 15) is 9.59 Å². The molecule has 2 aromatic rings. The molecule has 2 aliphatic rings. The van der Waals surface area contributed by atoms with Crippen LogP contribution in [0.15, 0.2) is 42.0 Å². The van der Waals surface area contributed by atoms with Crippen molar-refractivity contribution >= 4 is 28.4 Å². The van der Waals surface area contributed by atoms with Gasteiger partial charge in [0.15, 0.2) is 0 Å². The number of hydrogen-bond acceptors (Lipinski definition) is 3. The Morgan fingerprint density at radius 3 is 2.80 bits per heavy atom. The average molecular weight is 265 g/mol. The van der Waals surface area contributed by atoms with Gasteiger partial charge in [-0.2, -0.15) is 0 Å². The lowest BCUT2D eigenvalue weighted by Crippen LogP contribution is -2.04. The highest BCUT2D eigenvalue weighted by Crippen LogP contribution is 2.38. The van der Waals surface area contributed by atoms with Crippen LogP contribution in [0.1, 0.15) is 11.3 Å². The lowest BCUT2D eigenvalue weighted by molar-refractivity contribution is -0.150. The van der Waals surface area contributed by atoms with Crippen LogP contribution in [0, 0.1) is 0 Å². The van der Waals surface area contributed by atoms with Gasteiger partial charge >= 0.3 is 11.9 Å². The molecule has 20 heavy (non-hydrogen) atoms. The molecule has 98 valence electrons. The van der Waals surface area contributed by atoms with Gasteiger partial charge in [-0.3, -0.25) is 0 Å². The maximum absolute atomic E-state index is 12.0. The number of carbonyl (C=O) groups is 2. The van der Waals surface area contributed by atoms with E-state index in [-0.39, 0.29) is 0 Å². The van der Waals surface area contributed by atoms with Crippen LogP contribution in [0.2, 0.25) is 0 Å². The third-order valence-electron chi connectivity index (χ3n) is 3.95. The van der Waals surface area contributed by atoms with Crippen LogP contribution in [-0.4, -0.2) is 16.5 Å². The highest BCUT2D eigenvalue weighted by atomic mass is 16.6. The molecule has 0 fully saturated rings. The van der Waals surface area contributed by atoms with Gasteiger partial charge in [-0.25, -0.2) is 9.59 Å². The molecule has 1 aliphatic heterocycles. The number of benzene rings is 1. The minimum absolute atomic E-state index is 0.366. The number of esters is 2. The number of para-hydroxylation sites is 1. The number of aromatic nitrogens is 1. The minimum Gasteiger partial charge on any atom is -0.386 e. The fraction of sp³-hybridized carbons (Fsp3) is 0.125. The van der Waals surface area contributed by atoms with Crippen LogP contribution in [0.3, 0.4) is 0 Å². The molecule has 0 bridgehead atoms. The number of rotatable bonds is 0. The molecular weight excluding hydrogens is 254 g/mol. The summed E-state index contributed by atoms with van der Waals surface area (Å²) in [6.45, 7) is 0. The zero-order valence-electron chi connectivity index (χ0n) is 10.8. The Balaban J connectivity index is 2.18. The second-order valence-electron chi connectivity index (χ2n) is 4.97. The van der Waals surface area contributed by atoms with Gasteiger partial charge in [0.25, 0.3) is 0 Å². The molecule has 1 aromatic heterocycles. The maximum Gasteiger partial charge on any atom is 0.347 e. The average Bonchev–Trinajstić information content (AvgIpc) is 2.79. The van der Waals surface area contributed by atoms with Crippen molar-refractivity contribution in [2.75, 3.05) is 0 Å². The number of allylic oxidation sites excluding steroid dienone is 1. The molecule has 0 atom stereocenters. The summed E-state index contributed by atoms with van der Waals surface area (Å²) in [7, 11) is 1.97. The molecular formula is C16H11NO3. The first-order valence-corrected chi connectivity index (χ1v) is 6.42. The van der Waals surface area contributed by atoms with E-state index < -0.39 is 11.9 Å². The molecule has 1 aliphatic carbocycles. The molecule has 0 radical (unpaired) electrons. The van der Waals surface area contributed by atoms with Gasteiger partial charge in [0, 0.05) is 35.6 Å². The topological polar surface area (TPSA) is 48.3 Å². The van der Waals surface area contributed by atoms with E-state index in [2.05, 4.69) is 4.57 Å². The SMILES string of the molecule is Cn1c2c(c3ccccc31)C1=C(C=CC2)C(=O)OC1=O. The molecule has 4 heteroatoms. The lowest BCUT2D eigenvalue weighted by Gasteiger charge is -2.03. The summed E-state index contributed by atoms with van der Waals surface area (Å²) in [5, 5.41) is 0.979. The van der Waals surface area contributed by atoms with E-state index in [4.69, 9.17) is 4.74 Å². The number of fused-ring (bicyclic) bond motifs is 4. The summed E-state index contributed by atoms with van der Waals surface area (Å²) in [5.74, 6) is -1.10. The molecule has 0 spiro atoms. The number of ether oxygens (including phenoxy) is 1. The van der Waals surface area contributed by atoms with Crippen LogP contribution < -0.4 is 0 Å². The number of hydrogen-bond donors (Lipinski definition) is 0. The van der Waals surface area contributed by atoms with Gasteiger partial charge in [0.2, 0.25) is 0 Å². The Labute approximate surface area is 114 Å². The fourth-order valence-corrected chi connectivity index (χ4v) is 3.04. The normalized spacial score (nSPS) is 17.2. The van der Waals surface area contributed by atoms with Crippen molar-refractivity contribution < 1.29 is 14.3 Å². The Hall–Kier alpha value is -2.62. The molecule has 2 heterocycles. The molecule has 0 saturated carbocycles. The van der Waals surface area contributed by atoms with Crippen LogP contribution >= 0.6 is 0 Å². The third-order valence-corrected chi connectivity index (χ3v) is 3.95. The predicted octanol–water partition coefficient (Wildman–Crippen LogP) is 2.13. The molecule has 0 N–H and O–H groups in total. The molecule has 0 unspecified atom stereocenters. The Kier molecular flexibility index (Phi) is 2.07. The van der Waals surface area contributed by atoms with Gasteiger partial charge in [-0.05, 0) is 6.07 Å². The lowest BCUT2D eigenvalue weighted by atomic mass is 9.99. The van der Waals surface area contributed by atoms with Gasteiger partial charge in [0.05, 0.1) is 11.1 Å². The van der Waals surface area contributed by atoms with Crippen molar-refractivity contribution in [2.45, 2.75) is 6.42 Å². The standard InChI is InChI=1S/C16H11NO3/c1-17-11-7-3-2-5-9(11)13-12(17)8-4-6-10-14(13)16(19)20-15(10)18/h2-7H,8H2,1H3. The van der Waals surface area contributed by atoms with Crippen molar-refractivity contribution in [3.05, 3.63) is 53.2 Å². The van der Waals surface area contributed by atoms with E-state index in [0.29, 0.717) is 17.6 Å². The summed E-state index contributed by atoms with van der Waals surface area (Å²) >= 11 is 0. The first-order valence-electron chi connectivity index (χ1n) is 6.42. The van der Waals surface area contributed by atoms with Gasteiger partial charge in [0.1, 0.15) is 0 Å². The summed E-state index contributed by atoms with van der Waals surface area (Å²) in [4.78, 5) is 23.8. The van der Waals surface area contributed by atoms with Crippen molar-refractivity contribution in [1.82, 2.24) is 4.57 Å². The predicted molar refractivity (Wildman–Crippen MR) is 73.8 cm³/mol.